The van der Waals surface area contributed by atoms with E-state index < -0.39 is 11.7 Å². The topological polar surface area (TPSA) is 32.3 Å². The number of hydrogen-bond acceptors (Lipinski definition) is 2. The Morgan fingerprint density at radius 2 is 1.72 bits per heavy atom. The second-order valence-corrected chi connectivity index (χ2v) is 6.17. The molecule has 0 atom stereocenters. The van der Waals surface area contributed by atoms with Crippen LogP contribution in [-0.4, -0.2) is 23.9 Å². The summed E-state index contributed by atoms with van der Waals surface area (Å²) in [5, 5.41) is 2.65. The Bertz CT molecular complexity index is 741. The largest absolute Gasteiger partial charge is 0.416 e. The quantitative estimate of drug-likeness (QED) is 0.902. The smallest absolute Gasteiger partial charge is 0.326 e. The highest BCUT2D eigenvalue weighted by Gasteiger charge is 2.30. The number of fused-ring (bicyclic) bond motifs is 1. The Morgan fingerprint density at radius 3 is 2.40 bits per heavy atom. The summed E-state index contributed by atoms with van der Waals surface area (Å²) in [7, 11) is 0. The van der Waals surface area contributed by atoms with Crippen molar-refractivity contribution in [2.75, 3.05) is 18.4 Å². The number of amides is 1. The van der Waals surface area contributed by atoms with Crippen molar-refractivity contribution < 1.29 is 18.0 Å². The summed E-state index contributed by atoms with van der Waals surface area (Å²) >= 11 is 0. The minimum absolute atomic E-state index is 0.196. The van der Waals surface area contributed by atoms with E-state index in [1.807, 2.05) is 12.1 Å². The van der Waals surface area contributed by atoms with Crippen LogP contribution in [-0.2, 0) is 23.9 Å². The van der Waals surface area contributed by atoms with Crippen LogP contribution in [0.25, 0.3) is 0 Å². The number of carbonyl (C=O) groups is 1. The second kappa shape index (κ2) is 7.27. The van der Waals surface area contributed by atoms with Crippen LogP contribution in [0.15, 0.2) is 48.5 Å². The van der Waals surface area contributed by atoms with E-state index in [9.17, 15) is 18.0 Å². The number of halogens is 3. The van der Waals surface area contributed by atoms with Crippen LogP contribution in [0.1, 0.15) is 23.1 Å². The van der Waals surface area contributed by atoms with Gasteiger partial charge < -0.3 is 5.32 Å². The lowest BCUT2D eigenvalue weighted by atomic mass is 10.00. The second-order valence-electron chi connectivity index (χ2n) is 6.17. The Kier molecular flexibility index (Phi) is 5.08. The van der Waals surface area contributed by atoms with Gasteiger partial charge >= 0.3 is 6.18 Å². The lowest BCUT2D eigenvalue weighted by Crippen LogP contribution is -2.33. The number of hydrogen-bond donors (Lipinski definition) is 1. The zero-order chi connectivity index (χ0) is 17.9. The van der Waals surface area contributed by atoms with Gasteiger partial charge in [0.25, 0.3) is 0 Å². The van der Waals surface area contributed by atoms with Gasteiger partial charge in [-0.25, -0.2) is 0 Å². The molecule has 0 unspecified atom stereocenters. The number of benzene rings is 2. The minimum atomic E-state index is -4.37. The van der Waals surface area contributed by atoms with Crippen molar-refractivity contribution in [2.45, 2.75) is 25.6 Å². The maximum atomic E-state index is 12.5. The van der Waals surface area contributed by atoms with Crippen LogP contribution in [0.2, 0.25) is 0 Å². The predicted molar refractivity (Wildman–Crippen MR) is 90.1 cm³/mol. The van der Waals surface area contributed by atoms with Crippen molar-refractivity contribution >= 4 is 11.6 Å². The van der Waals surface area contributed by atoms with Gasteiger partial charge in [-0.2, -0.15) is 13.2 Å². The molecule has 1 amide bonds. The fourth-order valence-corrected chi connectivity index (χ4v) is 2.97. The lowest BCUT2D eigenvalue weighted by molar-refractivity contribution is -0.137. The molecule has 0 bridgehead atoms. The molecule has 0 saturated carbocycles. The molecule has 1 aliphatic heterocycles. The van der Waals surface area contributed by atoms with E-state index in [1.165, 1.54) is 23.3 Å². The van der Waals surface area contributed by atoms with Crippen molar-refractivity contribution in [3.8, 4) is 0 Å². The summed E-state index contributed by atoms with van der Waals surface area (Å²) in [4.78, 5) is 14.2. The number of rotatable bonds is 4. The predicted octanol–water partition coefficient (Wildman–Crippen LogP) is 4.09. The maximum absolute atomic E-state index is 12.5. The third kappa shape index (κ3) is 4.60. The average molecular weight is 348 g/mol. The highest BCUT2D eigenvalue weighted by Crippen LogP contribution is 2.29. The van der Waals surface area contributed by atoms with Gasteiger partial charge in [0, 0.05) is 31.7 Å². The molecule has 1 N–H and O–H groups in total. The summed E-state index contributed by atoms with van der Waals surface area (Å²) in [5.74, 6) is -0.196. The standard InChI is InChI=1S/C19H19F3N2O/c20-19(21,22)16-5-7-17(8-6-16)23-18(25)10-12-24-11-9-14-3-1-2-4-15(14)13-24/h1-8H,9-13H2,(H,23,25). The molecule has 0 radical (unpaired) electrons. The monoisotopic (exact) mass is 348 g/mol. The van der Waals surface area contributed by atoms with Gasteiger partial charge in [-0.1, -0.05) is 24.3 Å². The molecule has 132 valence electrons. The number of nitrogens with zero attached hydrogens (tertiary/aromatic N) is 1. The van der Waals surface area contributed by atoms with Crippen molar-refractivity contribution in [3.63, 3.8) is 0 Å². The third-order valence-electron chi connectivity index (χ3n) is 4.36. The summed E-state index contributed by atoms with van der Waals surface area (Å²) in [6.07, 6.45) is -3.09. The fraction of sp³-hybridized carbons (Fsp3) is 0.316. The highest BCUT2D eigenvalue weighted by atomic mass is 19.4. The Labute approximate surface area is 144 Å². The first kappa shape index (κ1) is 17.5. The van der Waals surface area contributed by atoms with Crippen LogP contribution < -0.4 is 5.32 Å². The normalized spacial score (nSPS) is 14.8. The molecule has 0 saturated heterocycles. The van der Waals surface area contributed by atoms with Crippen LogP contribution >= 0.6 is 0 Å². The molecule has 0 fully saturated rings. The highest BCUT2D eigenvalue weighted by molar-refractivity contribution is 5.90. The first-order valence-corrected chi connectivity index (χ1v) is 8.18. The fourth-order valence-electron chi connectivity index (χ4n) is 2.97. The Morgan fingerprint density at radius 1 is 1.04 bits per heavy atom. The van der Waals surface area contributed by atoms with Crippen LogP contribution in [0.3, 0.4) is 0 Å². The summed E-state index contributed by atoms with van der Waals surface area (Å²) in [5.41, 5.74) is 2.30. The van der Waals surface area contributed by atoms with Gasteiger partial charge in [-0.05, 0) is 41.8 Å². The Balaban J connectivity index is 1.49. The number of nitrogens with one attached hydrogen (secondary N) is 1. The van der Waals surface area contributed by atoms with E-state index in [0.29, 0.717) is 18.7 Å². The van der Waals surface area contributed by atoms with Gasteiger partial charge in [0.1, 0.15) is 0 Å². The third-order valence-corrected chi connectivity index (χ3v) is 4.36. The molecule has 6 heteroatoms. The Hall–Kier alpha value is -2.34. The maximum Gasteiger partial charge on any atom is 0.416 e. The summed E-state index contributed by atoms with van der Waals surface area (Å²) < 4.78 is 37.6. The zero-order valence-electron chi connectivity index (χ0n) is 13.6. The molecule has 0 aliphatic carbocycles. The van der Waals surface area contributed by atoms with E-state index >= 15 is 0 Å². The molecule has 2 aromatic carbocycles. The number of alkyl halides is 3. The zero-order valence-corrected chi connectivity index (χ0v) is 13.6. The minimum Gasteiger partial charge on any atom is -0.326 e. The number of anilines is 1. The molecule has 2 aromatic rings. The first-order valence-electron chi connectivity index (χ1n) is 8.18. The molecular formula is C19H19F3N2O. The summed E-state index contributed by atoms with van der Waals surface area (Å²) in [6, 6.07) is 12.8. The molecular weight excluding hydrogens is 329 g/mol. The van der Waals surface area contributed by atoms with Crippen LogP contribution in [0.5, 0.6) is 0 Å². The van der Waals surface area contributed by atoms with Gasteiger partial charge in [0.15, 0.2) is 0 Å². The van der Waals surface area contributed by atoms with Crippen molar-refractivity contribution in [3.05, 3.63) is 65.2 Å². The summed E-state index contributed by atoms with van der Waals surface area (Å²) in [6.45, 7) is 2.36. The van der Waals surface area contributed by atoms with E-state index in [2.05, 4.69) is 22.3 Å². The average Bonchev–Trinajstić information content (AvgIpc) is 2.59. The van der Waals surface area contributed by atoms with Gasteiger partial charge in [0.05, 0.1) is 5.56 Å². The van der Waals surface area contributed by atoms with Gasteiger partial charge in [0.2, 0.25) is 5.91 Å². The van der Waals surface area contributed by atoms with E-state index in [1.54, 1.807) is 0 Å². The molecule has 1 heterocycles. The van der Waals surface area contributed by atoms with Crippen LogP contribution in [0.4, 0.5) is 18.9 Å². The van der Waals surface area contributed by atoms with E-state index in [4.69, 9.17) is 0 Å². The van der Waals surface area contributed by atoms with Gasteiger partial charge in [-0.3, -0.25) is 9.69 Å². The van der Waals surface area contributed by atoms with Crippen molar-refractivity contribution in [1.82, 2.24) is 4.90 Å². The molecule has 0 spiro atoms. The number of carbonyl (C=O) groups excluding carboxylic acids is 1. The van der Waals surface area contributed by atoms with E-state index in [0.717, 1.165) is 31.6 Å². The van der Waals surface area contributed by atoms with E-state index in [-0.39, 0.29) is 5.91 Å². The molecule has 25 heavy (non-hydrogen) atoms. The van der Waals surface area contributed by atoms with Crippen molar-refractivity contribution in [2.24, 2.45) is 0 Å². The molecule has 3 rings (SSSR count). The first-order chi connectivity index (χ1) is 11.9. The molecule has 1 aliphatic rings. The molecule has 0 aromatic heterocycles. The lowest BCUT2D eigenvalue weighted by Gasteiger charge is -2.28. The SMILES string of the molecule is O=C(CCN1CCc2ccccc2C1)Nc1ccc(C(F)(F)F)cc1. The van der Waals surface area contributed by atoms with Crippen molar-refractivity contribution in [1.29, 1.82) is 0 Å². The van der Waals surface area contributed by atoms with Gasteiger partial charge in [-0.15, -0.1) is 0 Å². The molecule has 3 nitrogen and oxygen atoms in total. The van der Waals surface area contributed by atoms with Crippen LogP contribution in [0, 0.1) is 0 Å².